The van der Waals surface area contributed by atoms with Crippen LogP contribution in [0.2, 0.25) is 0 Å². The maximum absolute atomic E-state index is 12.3. The Morgan fingerprint density at radius 3 is 1.89 bits per heavy atom. The van der Waals surface area contributed by atoms with Gasteiger partial charge in [0.15, 0.2) is 0 Å². The third kappa shape index (κ3) is 1.82. The molecular weight excluding hydrogens is 228 g/mol. The maximum atomic E-state index is 12.3. The van der Waals surface area contributed by atoms with E-state index < -0.39 is 5.54 Å². The molecule has 0 N–H and O–H groups in total. The lowest BCUT2D eigenvalue weighted by Gasteiger charge is -2.34. The van der Waals surface area contributed by atoms with Gasteiger partial charge in [0.1, 0.15) is 5.54 Å². The molecule has 98 valence electrons. The molecule has 2 aliphatic rings. The van der Waals surface area contributed by atoms with Crippen LogP contribution in [0.25, 0.3) is 0 Å². The predicted octanol–water partition coefficient (Wildman–Crippen LogP) is 2.24. The molecule has 0 bridgehead atoms. The summed E-state index contributed by atoms with van der Waals surface area (Å²) in [6.07, 6.45) is 5.30. The van der Waals surface area contributed by atoms with E-state index in [0.717, 1.165) is 25.7 Å². The Bertz CT molecular complexity index is 383. The molecule has 0 aromatic heterocycles. The van der Waals surface area contributed by atoms with Crippen molar-refractivity contribution in [1.29, 1.82) is 5.26 Å². The van der Waals surface area contributed by atoms with Crippen LogP contribution in [0.1, 0.15) is 52.4 Å². The minimum Gasteiger partial charge on any atom is -0.274 e. The zero-order valence-corrected chi connectivity index (χ0v) is 11.1. The van der Waals surface area contributed by atoms with Crippen LogP contribution < -0.4 is 0 Å². The number of rotatable bonds is 1. The van der Waals surface area contributed by atoms with Crippen LogP contribution in [0, 0.1) is 23.2 Å². The largest absolute Gasteiger partial charge is 0.274 e. The molecule has 1 saturated heterocycles. The van der Waals surface area contributed by atoms with E-state index in [9.17, 15) is 14.9 Å². The van der Waals surface area contributed by atoms with Gasteiger partial charge in [-0.3, -0.25) is 14.5 Å². The number of nitriles is 1. The fourth-order valence-corrected chi connectivity index (χ4v) is 3.06. The molecule has 1 aliphatic carbocycles. The van der Waals surface area contributed by atoms with E-state index in [1.807, 2.05) is 0 Å². The SMILES string of the molecule is CC1C(=O)N(C2(C#N)CCCCCC2)C(=O)C1C. The van der Waals surface area contributed by atoms with Crippen molar-refractivity contribution >= 4 is 11.8 Å². The Morgan fingerprint density at radius 1 is 1.06 bits per heavy atom. The number of hydrogen-bond acceptors (Lipinski definition) is 3. The van der Waals surface area contributed by atoms with Crippen LogP contribution in [0.4, 0.5) is 0 Å². The van der Waals surface area contributed by atoms with Crippen molar-refractivity contribution in [3.8, 4) is 6.07 Å². The van der Waals surface area contributed by atoms with E-state index >= 15 is 0 Å². The standard InChI is InChI=1S/C14H20N2O2/c1-10-11(2)13(18)16(12(10)17)14(9-15)7-5-3-4-6-8-14/h10-11H,3-8H2,1-2H3. The summed E-state index contributed by atoms with van der Waals surface area (Å²) in [5.41, 5.74) is -0.871. The molecule has 0 aromatic carbocycles. The van der Waals surface area contributed by atoms with Gasteiger partial charge in [0, 0.05) is 11.8 Å². The van der Waals surface area contributed by atoms with Gasteiger partial charge in [-0.1, -0.05) is 39.5 Å². The van der Waals surface area contributed by atoms with Gasteiger partial charge in [-0.05, 0) is 12.8 Å². The molecule has 2 rings (SSSR count). The minimum atomic E-state index is -0.871. The molecule has 0 aromatic rings. The van der Waals surface area contributed by atoms with E-state index in [2.05, 4.69) is 6.07 Å². The van der Waals surface area contributed by atoms with E-state index in [1.165, 1.54) is 4.90 Å². The molecule has 18 heavy (non-hydrogen) atoms. The van der Waals surface area contributed by atoms with E-state index in [4.69, 9.17) is 0 Å². The molecule has 1 saturated carbocycles. The molecule has 1 heterocycles. The van der Waals surface area contributed by atoms with Crippen LogP contribution >= 0.6 is 0 Å². The summed E-state index contributed by atoms with van der Waals surface area (Å²) in [7, 11) is 0. The van der Waals surface area contributed by atoms with E-state index in [0.29, 0.717) is 12.8 Å². The second kappa shape index (κ2) is 4.72. The third-order valence-electron chi connectivity index (χ3n) is 4.54. The van der Waals surface area contributed by atoms with Crippen molar-refractivity contribution in [2.45, 2.75) is 57.9 Å². The molecule has 0 spiro atoms. The summed E-state index contributed by atoms with van der Waals surface area (Å²) in [5.74, 6) is -0.885. The van der Waals surface area contributed by atoms with Crippen LogP contribution in [0.3, 0.4) is 0 Å². The first-order valence-electron chi connectivity index (χ1n) is 6.83. The Morgan fingerprint density at radius 2 is 1.50 bits per heavy atom. The van der Waals surface area contributed by atoms with E-state index in [1.54, 1.807) is 13.8 Å². The fraction of sp³-hybridized carbons (Fsp3) is 0.786. The third-order valence-corrected chi connectivity index (χ3v) is 4.54. The average Bonchev–Trinajstić information content (AvgIpc) is 2.59. The van der Waals surface area contributed by atoms with Crippen molar-refractivity contribution < 1.29 is 9.59 Å². The highest BCUT2D eigenvalue weighted by molar-refractivity contribution is 6.05. The number of carbonyl (C=O) groups excluding carboxylic acids is 2. The molecule has 1 aliphatic heterocycles. The highest BCUT2D eigenvalue weighted by atomic mass is 16.2. The second-order valence-corrected chi connectivity index (χ2v) is 5.65. The number of amides is 2. The van der Waals surface area contributed by atoms with Gasteiger partial charge < -0.3 is 0 Å². The lowest BCUT2D eigenvalue weighted by molar-refractivity contribution is -0.145. The molecule has 2 amide bonds. The quantitative estimate of drug-likeness (QED) is 0.528. The first-order valence-corrected chi connectivity index (χ1v) is 6.83. The monoisotopic (exact) mass is 248 g/mol. The van der Waals surface area contributed by atoms with Gasteiger partial charge in [-0.15, -0.1) is 0 Å². The van der Waals surface area contributed by atoms with Gasteiger partial charge in [0.25, 0.3) is 0 Å². The number of likely N-dealkylation sites (tertiary alicyclic amines) is 1. The molecular formula is C14H20N2O2. The van der Waals surface area contributed by atoms with Gasteiger partial charge in [-0.25, -0.2) is 0 Å². The zero-order valence-electron chi connectivity index (χ0n) is 11.1. The molecule has 2 fully saturated rings. The second-order valence-electron chi connectivity index (χ2n) is 5.65. The zero-order chi connectivity index (χ0) is 13.3. The number of imide groups is 1. The highest BCUT2D eigenvalue weighted by Gasteiger charge is 2.52. The lowest BCUT2D eigenvalue weighted by Crippen LogP contribution is -2.51. The summed E-state index contributed by atoms with van der Waals surface area (Å²) in [6, 6.07) is 2.29. The molecule has 4 nitrogen and oxygen atoms in total. The van der Waals surface area contributed by atoms with Crippen molar-refractivity contribution in [1.82, 2.24) is 4.90 Å². The van der Waals surface area contributed by atoms with Crippen molar-refractivity contribution in [3.05, 3.63) is 0 Å². The summed E-state index contributed by atoms with van der Waals surface area (Å²) < 4.78 is 0. The van der Waals surface area contributed by atoms with Crippen molar-refractivity contribution in [2.24, 2.45) is 11.8 Å². The summed E-state index contributed by atoms with van der Waals surface area (Å²) in [6.45, 7) is 3.57. The summed E-state index contributed by atoms with van der Waals surface area (Å²) >= 11 is 0. The summed E-state index contributed by atoms with van der Waals surface area (Å²) in [5, 5.41) is 9.54. The van der Waals surface area contributed by atoms with Crippen molar-refractivity contribution in [2.75, 3.05) is 0 Å². The number of carbonyl (C=O) groups is 2. The Labute approximate surface area is 108 Å². The number of hydrogen-bond donors (Lipinski definition) is 0. The molecule has 0 radical (unpaired) electrons. The molecule has 4 heteroatoms. The first-order chi connectivity index (χ1) is 8.53. The van der Waals surface area contributed by atoms with Gasteiger partial charge in [-0.2, -0.15) is 5.26 Å². The average molecular weight is 248 g/mol. The predicted molar refractivity (Wildman–Crippen MR) is 66.2 cm³/mol. The van der Waals surface area contributed by atoms with Crippen LogP contribution in [-0.2, 0) is 9.59 Å². The minimum absolute atomic E-state index is 0.157. The number of nitrogens with zero attached hydrogens (tertiary/aromatic N) is 2. The fourth-order valence-electron chi connectivity index (χ4n) is 3.06. The van der Waals surface area contributed by atoms with Gasteiger partial charge >= 0.3 is 0 Å². The highest BCUT2D eigenvalue weighted by Crippen LogP contribution is 2.38. The molecule has 2 atom stereocenters. The smallest absolute Gasteiger partial charge is 0.234 e. The van der Waals surface area contributed by atoms with Gasteiger partial charge in [0.05, 0.1) is 6.07 Å². The van der Waals surface area contributed by atoms with Crippen LogP contribution in [0.5, 0.6) is 0 Å². The maximum Gasteiger partial charge on any atom is 0.234 e. The van der Waals surface area contributed by atoms with Crippen LogP contribution in [0.15, 0.2) is 0 Å². The topological polar surface area (TPSA) is 61.2 Å². The Kier molecular flexibility index (Phi) is 3.43. The Balaban J connectivity index is 2.35. The molecule has 2 unspecified atom stereocenters. The first kappa shape index (κ1) is 13.1. The van der Waals surface area contributed by atoms with E-state index in [-0.39, 0.29) is 23.7 Å². The van der Waals surface area contributed by atoms with Crippen molar-refractivity contribution in [3.63, 3.8) is 0 Å². The van der Waals surface area contributed by atoms with Gasteiger partial charge in [0.2, 0.25) is 11.8 Å². The lowest BCUT2D eigenvalue weighted by atomic mass is 9.90. The Hall–Kier alpha value is -1.37. The summed E-state index contributed by atoms with van der Waals surface area (Å²) in [4.78, 5) is 25.8. The van der Waals surface area contributed by atoms with Crippen LogP contribution in [-0.4, -0.2) is 22.3 Å². The normalized spacial score (nSPS) is 32.2.